The Labute approximate surface area is 141 Å². The van der Waals surface area contributed by atoms with E-state index in [1.54, 1.807) is 24.8 Å². The number of nitrogens with one attached hydrogen (secondary N) is 1. The Bertz CT molecular complexity index is 654. The molecule has 0 aliphatic carbocycles. The number of carbonyl (C=O) groups excluding carboxylic acids is 1. The van der Waals surface area contributed by atoms with Gasteiger partial charge in [0, 0.05) is 44.8 Å². The number of hydrogen-bond donors (Lipinski definition) is 1. The summed E-state index contributed by atoms with van der Waals surface area (Å²) in [7, 11) is 0. The van der Waals surface area contributed by atoms with Crippen LogP contribution in [0.5, 0.6) is 0 Å². The minimum absolute atomic E-state index is 0.00165. The Hall–Kier alpha value is -2.61. The summed E-state index contributed by atoms with van der Waals surface area (Å²) in [5.74, 6) is 0.751. The number of rotatable bonds is 5. The fourth-order valence-corrected chi connectivity index (χ4v) is 2.52. The van der Waals surface area contributed by atoms with Gasteiger partial charge >= 0.3 is 0 Å². The van der Waals surface area contributed by atoms with Gasteiger partial charge in [0.05, 0.1) is 30.7 Å². The van der Waals surface area contributed by atoms with Crippen molar-refractivity contribution in [1.82, 2.24) is 30.2 Å². The van der Waals surface area contributed by atoms with E-state index in [0.29, 0.717) is 13.1 Å². The highest BCUT2D eigenvalue weighted by molar-refractivity contribution is 5.78. The third-order valence-corrected chi connectivity index (χ3v) is 3.88. The molecule has 1 aliphatic rings. The van der Waals surface area contributed by atoms with Crippen LogP contribution >= 0.6 is 0 Å². The zero-order valence-corrected chi connectivity index (χ0v) is 13.7. The maximum atomic E-state index is 12.1. The summed E-state index contributed by atoms with van der Waals surface area (Å²) in [6.07, 6.45) is 6.88. The Morgan fingerprint density at radius 3 is 2.50 bits per heavy atom. The van der Waals surface area contributed by atoms with E-state index in [0.717, 1.165) is 43.5 Å². The first-order valence-electron chi connectivity index (χ1n) is 7.99. The van der Waals surface area contributed by atoms with Crippen molar-refractivity contribution in [2.75, 3.05) is 37.6 Å². The van der Waals surface area contributed by atoms with Gasteiger partial charge < -0.3 is 10.2 Å². The third-order valence-electron chi connectivity index (χ3n) is 3.88. The van der Waals surface area contributed by atoms with E-state index in [2.05, 4.69) is 35.1 Å². The number of hydrogen-bond acceptors (Lipinski definition) is 7. The highest BCUT2D eigenvalue weighted by Gasteiger charge is 2.20. The number of aromatic nitrogens is 4. The van der Waals surface area contributed by atoms with Crippen LogP contribution in [-0.4, -0.2) is 63.5 Å². The van der Waals surface area contributed by atoms with E-state index in [4.69, 9.17) is 0 Å². The molecule has 1 aliphatic heterocycles. The Kier molecular flexibility index (Phi) is 5.27. The average Bonchev–Trinajstić information content (AvgIpc) is 2.63. The molecule has 1 saturated heterocycles. The summed E-state index contributed by atoms with van der Waals surface area (Å²) in [6, 6.07) is 1.81. The topological polar surface area (TPSA) is 87.1 Å². The molecule has 2 aromatic heterocycles. The largest absolute Gasteiger partial charge is 0.349 e. The van der Waals surface area contributed by atoms with E-state index in [-0.39, 0.29) is 5.91 Å². The molecule has 0 radical (unpaired) electrons. The number of amides is 1. The van der Waals surface area contributed by atoms with E-state index in [1.807, 2.05) is 13.0 Å². The van der Waals surface area contributed by atoms with Crippen LogP contribution in [0.4, 0.5) is 5.95 Å². The van der Waals surface area contributed by atoms with Gasteiger partial charge in [0.2, 0.25) is 11.9 Å². The number of anilines is 1. The first kappa shape index (κ1) is 16.3. The van der Waals surface area contributed by atoms with Crippen LogP contribution in [0.15, 0.2) is 30.9 Å². The zero-order valence-electron chi connectivity index (χ0n) is 13.7. The Morgan fingerprint density at radius 1 is 1.08 bits per heavy atom. The van der Waals surface area contributed by atoms with Crippen molar-refractivity contribution < 1.29 is 4.79 Å². The SMILES string of the molecule is Cc1cnc(CNC(=O)CN2CCN(c3ncccn3)CC2)cn1. The fourth-order valence-electron chi connectivity index (χ4n) is 2.52. The maximum Gasteiger partial charge on any atom is 0.234 e. The second-order valence-corrected chi connectivity index (χ2v) is 5.74. The average molecular weight is 327 g/mol. The molecule has 126 valence electrons. The number of aryl methyl sites for hydroxylation is 1. The molecule has 0 spiro atoms. The highest BCUT2D eigenvalue weighted by atomic mass is 16.2. The normalized spacial score (nSPS) is 15.3. The van der Waals surface area contributed by atoms with Gasteiger partial charge in [-0.05, 0) is 13.0 Å². The lowest BCUT2D eigenvalue weighted by molar-refractivity contribution is -0.122. The van der Waals surface area contributed by atoms with Crippen LogP contribution < -0.4 is 10.2 Å². The summed E-state index contributed by atoms with van der Waals surface area (Å²) in [4.78, 5) is 33.3. The number of nitrogens with zero attached hydrogens (tertiary/aromatic N) is 6. The molecule has 0 saturated carbocycles. The van der Waals surface area contributed by atoms with Gasteiger partial charge in [-0.15, -0.1) is 0 Å². The summed E-state index contributed by atoms with van der Waals surface area (Å²) in [5.41, 5.74) is 1.63. The molecule has 8 heteroatoms. The fraction of sp³-hybridized carbons (Fsp3) is 0.438. The quantitative estimate of drug-likeness (QED) is 0.828. The summed E-state index contributed by atoms with van der Waals surface area (Å²) < 4.78 is 0. The summed E-state index contributed by atoms with van der Waals surface area (Å²) in [5, 5.41) is 2.89. The summed E-state index contributed by atoms with van der Waals surface area (Å²) in [6.45, 7) is 5.95. The van der Waals surface area contributed by atoms with Crippen LogP contribution in [-0.2, 0) is 11.3 Å². The zero-order chi connectivity index (χ0) is 16.8. The molecule has 0 atom stereocenters. The van der Waals surface area contributed by atoms with Crippen LogP contribution in [0.1, 0.15) is 11.4 Å². The lowest BCUT2D eigenvalue weighted by atomic mass is 10.3. The van der Waals surface area contributed by atoms with Crippen molar-refractivity contribution in [3.05, 3.63) is 42.2 Å². The van der Waals surface area contributed by atoms with Gasteiger partial charge in [0.1, 0.15) is 0 Å². The van der Waals surface area contributed by atoms with Crippen LogP contribution in [0.3, 0.4) is 0 Å². The van der Waals surface area contributed by atoms with E-state index < -0.39 is 0 Å². The lowest BCUT2D eigenvalue weighted by Gasteiger charge is -2.34. The molecular weight excluding hydrogens is 306 g/mol. The van der Waals surface area contributed by atoms with E-state index in [1.165, 1.54) is 0 Å². The highest BCUT2D eigenvalue weighted by Crippen LogP contribution is 2.09. The second-order valence-electron chi connectivity index (χ2n) is 5.74. The van der Waals surface area contributed by atoms with Gasteiger partial charge in [-0.25, -0.2) is 9.97 Å². The molecule has 3 rings (SSSR count). The number of piperazine rings is 1. The molecule has 1 N–H and O–H groups in total. The van der Waals surface area contributed by atoms with Crippen molar-refractivity contribution >= 4 is 11.9 Å². The third kappa shape index (κ3) is 4.45. The van der Waals surface area contributed by atoms with Gasteiger partial charge in [-0.2, -0.15) is 0 Å². The maximum absolute atomic E-state index is 12.1. The smallest absolute Gasteiger partial charge is 0.234 e. The van der Waals surface area contributed by atoms with Gasteiger partial charge in [-0.1, -0.05) is 0 Å². The van der Waals surface area contributed by atoms with Crippen molar-refractivity contribution in [3.8, 4) is 0 Å². The first-order chi connectivity index (χ1) is 11.7. The van der Waals surface area contributed by atoms with E-state index >= 15 is 0 Å². The summed E-state index contributed by atoms with van der Waals surface area (Å²) >= 11 is 0. The van der Waals surface area contributed by atoms with Crippen molar-refractivity contribution in [1.29, 1.82) is 0 Å². The monoisotopic (exact) mass is 327 g/mol. The molecule has 0 bridgehead atoms. The van der Waals surface area contributed by atoms with Crippen molar-refractivity contribution in [2.45, 2.75) is 13.5 Å². The molecule has 1 amide bonds. The minimum Gasteiger partial charge on any atom is -0.349 e. The predicted molar refractivity (Wildman–Crippen MR) is 89.3 cm³/mol. The van der Waals surface area contributed by atoms with Gasteiger partial charge in [0.25, 0.3) is 0 Å². The molecule has 2 aromatic rings. The lowest BCUT2D eigenvalue weighted by Crippen LogP contribution is -2.49. The van der Waals surface area contributed by atoms with Gasteiger partial charge in [-0.3, -0.25) is 19.7 Å². The molecule has 8 nitrogen and oxygen atoms in total. The number of carbonyl (C=O) groups is 1. The van der Waals surface area contributed by atoms with Gasteiger partial charge in [0.15, 0.2) is 0 Å². The first-order valence-corrected chi connectivity index (χ1v) is 7.99. The second kappa shape index (κ2) is 7.78. The van der Waals surface area contributed by atoms with Crippen LogP contribution in [0.2, 0.25) is 0 Å². The van der Waals surface area contributed by atoms with Crippen molar-refractivity contribution in [3.63, 3.8) is 0 Å². The molecule has 0 aromatic carbocycles. The molecule has 3 heterocycles. The molecule has 0 unspecified atom stereocenters. The van der Waals surface area contributed by atoms with Crippen LogP contribution in [0, 0.1) is 6.92 Å². The Balaban J connectivity index is 1.41. The molecule has 24 heavy (non-hydrogen) atoms. The molecule has 1 fully saturated rings. The minimum atomic E-state index is 0.00165. The van der Waals surface area contributed by atoms with Crippen molar-refractivity contribution in [2.24, 2.45) is 0 Å². The Morgan fingerprint density at radius 2 is 1.83 bits per heavy atom. The van der Waals surface area contributed by atoms with E-state index in [9.17, 15) is 4.79 Å². The predicted octanol–water partition coefficient (Wildman–Crippen LogP) is 0.0134. The van der Waals surface area contributed by atoms with Crippen LogP contribution in [0.25, 0.3) is 0 Å². The standard InChI is InChI=1S/C16H21N7O/c1-13-9-20-14(10-19-13)11-21-15(24)12-22-5-7-23(8-6-22)16-17-3-2-4-18-16/h2-4,9-10H,5-8,11-12H2,1H3,(H,21,24). The molecular formula is C16H21N7O.